The molecule has 104 valence electrons. The minimum atomic E-state index is -0.532. The van der Waals surface area contributed by atoms with Crippen LogP contribution in [0, 0.1) is 0 Å². The van der Waals surface area contributed by atoms with Gasteiger partial charge in [0.25, 0.3) is 0 Å². The van der Waals surface area contributed by atoms with E-state index in [4.69, 9.17) is 10.5 Å². The topological polar surface area (TPSA) is 84.7 Å². The number of hydrogen-bond acceptors (Lipinski definition) is 4. The monoisotopic (exact) mass is 257 g/mol. The number of rotatable bonds is 5. The summed E-state index contributed by atoms with van der Waals surface area (Å²) in [5, 5.41) is 2.67. The van der Waals surface area contributed by atoms with Crippen LogP contribution in [0.25, 0.3) is 0 Å². The number of carbonyl (C=O) groups excluding carboxylic acids is 2. The molecule has 1 fully saturated rings. The van der Waals surface area contributed by atoms with Crippen molar-refractivity contribution in [1.29, 1.82) is 0 Å². The molecular formula is C12H23N3O3. The highest BCUT2D eigenvalue weighted by Crippen LogP contribution is 2.01. The molecular weight excluding hydrogens is 234 g/mol. The van der Waals surface area contributed by atoms with Gasteiger partial charge in [0, 0.05) is 13.1 Å². The minimum absolute atomic E-state index is 0.0738. The zero-order valence-electron chi connectivity index (χ0n) is 11.1. The molecule has 0 saturated carbocycles. The van der Waals surface area contributed by atoms with E-state index in [0.29, 0.717) is 32.7 Å². The fraction of sp³-hybridized carbons (Fsp3) is 0.833. The van der Waals surface area contributed by atoms with Crippen molar-refractivity contribution in [3.8, 4) is 0 Å². The molecule has 0 aromatic carbocycles. The summed E-state index contributed by atoms with van der Waals surface area (Å²) in [6.07, 6.45) is 1.48. The Morgan fingerprint density at radius 2 is 2.00 bits per heavy atom. The first-order valence-corrected chi connectivity index (χ1v) is 6.48. The zero-order chi connectivity index (χ0) is 13.5. The summed E-state index contributed by atoms with van der Waals surface area (Å²) in [5.41, 5.74) is 5.70. The second kappa shape index (κ2) is 7.33. The first-order chi connectivity index (χ1) is 8.56. The molecule has 1 aliphatic heterocycles. The smallest absolute Gasteiger partial charge is 0.245 e. The number of morpholine rings is 1. The van der Waals surface area contributed by atoms with E-state index in [-0.39, 0.29) is 11.8 Å². The molecule has 1 unspecified atom stereocenters. The third-order valence-corrected chi connectivity index (χ3v) is 2.99. The second-order valence-corrected chi connectivity index (χ2v) is 4.56. The molecule has 0 aromatic heterocycles. The van der Waals surface area contributed by atoms with Crippen molar-refractivity contribution in [3.63, 3.8) is 0 Å². The molecule has 6 nitrogen and oxygen atoms in total. The number of hydrogen-bond donors (Lipinski definition) is 2. The maximum absolute atomic E-state index is 12.0. The largest absolute Gasteiger partial charge is 0.378 e. The molecule has 0 bridgehead atoms. The lowest BCUT2D eigenvalue weighted by molar-refractivity contribution is -0.139. The SMILES string of the molecule is CCC[C@@H](N)C(=O)NC(C)C(=O)N1CCOCC1. The molecule has 1 aliphatic rings. The van der Waals surface area contributed by atoms with Crippen molar-refractivity contribution < 1.29 is 14.3 Å². The van der Waals surface area contributed by atoms with E-state index in [2.05, 4.69) is 5.32 Å². The van der Waals surface area contributed by atoms with Gasteiger partial charge in [0.05, 0.1) is 19.3 Å². The maximum Gasteiger partial charge on any atom is 0.245 e. The Morgan fingerprint density at radius 3 is 2.56 bits per heavy atom. The van der Waals surface area contributed by atoms with Gasteiger partial charge in [0.15, 0.2) is 0 Å². The van der Waals surface area contributed by atoms with Crippen LogP contribution in [-0.4, -0.2) is 55.1 Å². The summed E-state index contributed by atoms with van der Waals surface area (Å²) in [6.45, 7) is 5.94. The lowest BCUT2D eigenvalue weighted by Crippen LogP contribution is -2.53. The first-order valence-electron chi connectivity index (χ1n) is 6.48. The number of nitrogens with one attached hydrogen (secondary N) is 1. The van der Waals surface area contributed by atoms with E-state index in [1.54, 1.807) is 11.8 Å². The highest BCUT2D eigenvalue weighted by Gasteiger charge is 2.24. The summed E-state index contributed by atoms with van der Waals surface area (Å²) in [4.78, 5) is 25.4. The van der Waals surface area contributed by atoms with Crippen molar-refractivity contribution in [2.24, 2.45) is 5.73 Å². The van der Waals surface area contributed by atoms with Crippen molar-refractivity contribution in [1.82, 2.24) is 10.2 Å². The molecule has 0 aromatic rings. The van der Waals surface area contributed by atoms with Crippen molar-refractivity contribution in [2.45, 2.75) is 38.8 Å². The minimum Gasteiger partial charge on any atom is -0.378 e. The quantitative estimate of drug-likeness (QED) is 0.694. The van der Waals surface area contributed by atoms with Gasteiger partial charge < -0.3 is 20.7 Å². The van der Waals surface area contributed by atoms with Crippen LogP contribution in [-0.2, 0) is 14.3 Å². The fourth-order valence-electron chi connectivity index (χ4n) is 1.88. The van der Waals surface area contributed by atoms with Gasteiger partial charge in [0.1, 0.15) is 6.04 Å². The van der Waals surface area contributed by atoms with Crippen LogP contribution in [0.2, 0.25) is 0 Å². The van der Waals surface area contributed by atoms with Crippen molar-refractivity contribution in [2.75, 3.05) is 26.3 Å². The van der Waals surface area contributed by atoms with Crippen LogP contribution in [0.5, 0.6) is 0 Å². The van der Waals surface area contributed by atoms with E-state index in [1.807, 2.05) is 6.92 Å². The predicted molar refractivity (Wildman–Crippen MR) is 67.9 cm³/mol. The molecule has 1 heterocycles. The molecule has 0 radical (unpaired) electrons. The molecule has 2 atom stereocenters. The van der Waals surface area contributed by atoms with E-state index >= 15 is 0 Å². The molecule has 3 N–H and O–H groups in total. The lowest BCUT2D eigenvalue weighted by Gasteiger charge is -2.29. The zero-order valence-corrected chi connectivity index (χ0v) is 11.1. The number of ether oxygens (including phenoxy) is 1. The number of amides is 2. The third kappa shape index (κ3) is 4.27. The Bertz CT molecular complexity index is 290. The van der Waals surface area contributed by atoms with Gasteiger partial charge in [-0.2, -0.15) is 0 Å². The second-order valence-electron chi connectivity index (χ2n) is 4.56. The van der Waals surface area contributed by atoms with Gasteiger partial charge in [-0.25, -0.2) is 0 Å². The standard InChI is InChI=1S/C12H23N3O3/c1-3-4-10(13)11(16)14-9(2)12(17)15-5-7-18-8-6-15/h9-10H,3-8,13H2,1-2H3,(H,14,16)/t9?,10-/m1/s1. The molecule has 2 amide bonds. The average Bonchev–Trinajstić information content (AvgIpc) is 2.39. The number of nitrogens with two attached hydrogens (primary N) is 1. The Hall–Kier alpha value is -1.14. The van der Waals surface area contributed by atoms with E-state index in [1.165, 1.54) is 0 Å². The predicted octanol–water partition coefficient (Wildman–Crippen LogP) is -0.523. The Morgan fingerprint density at radius 1 is 1.39 bits per heavy atom. The molecule has 0 aliphatic carbocycles. The fourth-order valence-corrected chi connectivity index (χ4v) is 1.88. The van der Waals surface area contributed by atoms with Gasteiger partial charge in [-0.1, -0.05) is 13.3 Å². The van der Waals surface area contributed by atoms with E-state index < -0.39 is 12.1 Å². The Balaban J connectivity index is 2.41. The van der Waals surface area contributed by atoms with Gasteiger partial charge in [-0.05, 0) is 13.3 Å². The summed E-state index contributed by atoms with van der Waals surface area (Å²) in [7, 11) is 0. The first kappa shape index (κ1) is 14.9. The van der Waals surface area contributed by atoms with Crippen molar-refractivity contribution in [3.05, 3.63) is 0 Å². The van der Waals surface area contributed by atoms with Crippen LogP contribution in [0.3, 0.4) is 0 Å². The molecule has 18 heavy (non-hydrogen) atoms. The summed E-state index contributed by atoms with van der Waals surface area (Å²) >= 11 is 0. The van der Waals surface area contributed by atoms with Crippen LogP contribution < -0.4 is 11.1 Å². The normalized spacial score (nSPS) is 19.2. The third-order valence-electron chi connectivity index (χ3n) is 2.99. The van der Waals surface area contributed by atoms with Gasteiger partial charge in [0.2, 0.25) is 11.8 Å². The Kier molecular flexibility index (Phi) is 6.07. The molecule has 1 rings (SSSR count). The van der Waals surface area contributed by atoms with Crippen LogP contribution >= 0.6 is 0 Å². The van der Waals surface area contributed by atoms with Gasteiger partial charge in [-0.3, -0.25) is 9.59 Å². The van der Waals surface area contributed by atoms with E-state index in [9.17, 15) is 9.59 Å². The lowest BCUT2D eigenvalue weighted by atomic mass is 10.1. The average molecular weight is 257 g/mol. The number of carbonyl (C=O) groups is 2. The van der Waals surface area contributed by atoms with Crippen LogP contribution in [0.1, 0.15) is 26.7 Å². The maximum atomic E-state index is 12.0. The van der Waals surface area contributed by atoms with Gasteiger partial charge in [-0.15, -0.1) is 0 Å². The molecule has 0 spiro atoms. The molecule has 1 saturated heterocycles. The summed E-state index contributed by atoms with van der Waals surface area (Å²) in [6, 6.07) is -1.06. The van der Waals surface area contributed by atoms with Crippen LogP contribution in [0.15, 0.2) is 0 Å². The van der Waals surface area contributed by atoms with Gasteiger partial charge >= 0.3 is 0 Å². The van der Waals surface area contributed by atoms with E-state index in [0.717, 1.165) is 6.42 Å². The highest BCUT2D eigenvalue weighted by molar-refractivity contribution is 5.89. The summed E-state index contributed by atoms with van der Waals surface area (Å²) in [5.74, 6) is -0.332. The Labute approximate surface area is 108 Å². The number of nitrogens with zero attached hydrogens (tertiary/aromatic N) is 1. The summed E-state index contributed by atoms with van der Waals surface area (Å²) < 4.78 is 5.18. The molecule has 6 heteroatoms. The van der Waals surface area contributed by atoms with Crippen LogP contribution in [0.4, 0.5) is 0 Å². The highest BCUT2D eigenvalue weighted by atomic mass is 16.5. The van der Waals surface area contributed by atoms with Crippen molar-refractivity contribution >= 4 is 11.8 Å².